The van der Waals surface area contributed by atoms with Gasteiger partial charge < -0.3 is 10.1 Å². The normalized spacial score (nSPS) is 10.3. The molecule has 0 aliphatic rings. The van der Waals surface area contributed by atoms with Gasteiger partial charge in [-0.15, -0.1) is 5.10 Å². The van der Waals surface area contributed by atoms with Crippen molar-refractivity contribution in [3.63, 3.8) is 0 Å². The molecule has 2 N–H and O–H groups in total. The third kappa shape index (κ3) is 4.42. The molecule has 0 saturated heterocycles. The fourth-order valence-corrected chi connectivity index (χ4v) is 2.49. The first-order valence-electron chi connectivity index (χ1n) is 7.92. The Morgan fingerprint density at radius 3 is 2.33 bits per heavy atom. The summed E-state index contributed by atoms with van der Waals surface area (Å²) in [5, 5.41) is 14.3. The third-order valence-corrected chi connectivity index (χ3v) is 3.85. The molecule has 0 radical (unpaired) electrons. The van der Waals surface area contributed by atoms with E-state index in [0.717, 1.165) is 0 Å². The molecule has 3 rings (SSSR count). The molecule has 2 aromatic carbocycles. The molecule has 27 heavy (non-hydrogen) atoms. The van der Waals surface area contributed by atoms with Crippen molar-refractivity contribution in [1.82, 2.24) is 15.0 Å². The monoisotopic (exact) mass is 385 g/mol. The minimum atomic E-state index is -0.569. The van der Waals surface area contributed by atoms with Crippen molar-refractivity contribution in [2.75, 3.05) is 17.7 Å². The van der Waals surface area contributed by atoms with Crippen LogP contribution in [0.3, 0.4) is 0 Å². The van der Waals surface area contributed by atoms with E-state index in [4.69, 9.17) is 11.6 Å². The van der Waals surface area contributed by atoms with E-state index in [1.807, 2.05) is 0 Å². The molecular formula is C18H16ClN5O3. The number of benzene rings is 2. The van der Waals surface area contributed by atoms with Crippen LogP contribution in [0.15, 0.2) is 48.5 Å². The van der Waals surface area contributed by atoms with Crippen LogP contribution >= 0.6 is 11.6 Å². The molecule has 138 valence electrons. The van der Waals surface area contributed by atoms with Crippen LogP contribution in [0.5, 0.6) is 0 Å². The fraction of sp³-hybridized carbons (Fsp3) is 0.111. The van der Waals surface area contributed by atoms with Crippen LogP contribution in [-0.2, 0) is 4.74 Å². The molecule has 8 nitrogen and oxygen atoms in total. The molecule has 0 fully saturated rings. The number of ether oxygens (including phenoxy) is 1. The smallest absolute Gasteiger partial charge is 0.411 e. The predicted molar refractivity (Wildman–Crippen MR) is 102 cm³/mol. The number of nitrogens with one attached hydrogen (secondary N) is 2. The van der Waals surface area contributed by atoms with E-state index < -0.39 is 12.0 Å². The standard InChI is InChI=1S/C18H16ClN5O3/c1-11-16(23-24(22-11)15-5-3-4-12(19)10-15)17(25)20-13-6-8-14(9-7-13)21-18(26)27-2/h3-10H,1-2H3,(H,20,25)(H,21,26). The summed E-state index contributed by atoms with van der Waals surface area (Å²) in [7, 11) is 1.28. The number of anilines is 2. The van der Waals surface area contributed by atoms with Gasteiger partial charge in [0, 0.05) is 16.4 Å². The zero-order chi connectivity index (χ0) is 19.4. The second-order valence-electron chi connectivity index (χ2n) is 5.55. The van der Waals surface area contributed by atoms with Gasteiger partial charge in [0.2, 0.25) is 0 Å². The summed E-state index contributed by atoms with van der Waals surface area (Å²) in [5.41, 5.74) is 2.43. The molecule has 1 aromatic heterocycles. The third-order valence-electron chi connectivity index (χ3n) is 3.61. The van der Waals surface area contributed by atoms with Crippen molar-refractivity contribution in [3.05, 3.63) is 64.9 Å². The number of hydrogen-bond acceptors (Lipinski definition) is 5. The Kier molecular flexibility index (Phi) is 5.37. The maximum absolute atomic E-state index is 12.5. The van der Waals surface area contributed by atoms with Crippen LogP contribution in [0, 0.1) is 6.92 Å². The first kappa shape index (κ1) is 18.4. The van der Waals surface area contributed by atoms with Gasteiger partial charge >= 0.3 is 6.09 Å². The van der Waals surface area contributed by atoms with E-state index in [1.165, 1.54) is 11.9 Å². The lowest BCUT2D eigenvalue weighted by atomic mass is 10.2. The number of methoxy groups -OCH3 is 1. The Bertz CT molecular complexity index is 985. The van der Waals surface area contributed by atoms with E-state index in [0.29, 0.717) is 27.8 Å². The number of aryl methyl sites for hydroxylation is 1. The van der Waals surface area contributed by atoms with E-state index >= 15 is 0 Å². The van der Waals surface area contributed by atoms with Crippen molar-refractivity contribution in [2.45, 2.75) is 6.92 Å². The molecule has 1 heterocycles. The second-order valence-corrected chi connectivity index (χ2v) is 5.99. The number of carbonyl (C=O) groups excluding carboxylic acids is 2. The van der Waals surface area contributed by atoms with Gasteiger partial charge in [0.1, 0.15) is 0 Å². The fourth-order valence-electron chi connectivity index (χ4n) is 2.30. The SMILES string of the molecule is COC(=O)Nc1ccc(NC(=O)c2nn(-c3cccc(Cl)c3)nc2C)cc1. The van der Waals surface area contributed by atoms with Gasteiger partial charge in [0.25, 0.3) is 5.91 Å². The molecule has 0 saturated carbocycles. The van der Waals surface area contributed by atoms with Crippen LogP contribution in [0.4, 0.5) is 16.2 Å². The Morgan fingerprint density at radius 2 is 1.70 bits per heavy atom. The highest BCUT2D eigenvalue weighted by Gasteiger charge is 2.17. The lowest BCUT2D eigenvalue weighted by molar-refractivity contribution is 0.102. The van der Waals surface area contributed by atoms with E-state index in [1.54, 1.807) is 55.5 Å². The second kappa shape index (κ2) is 7.88. The van der Waals surface area contributed by atoms with E-state index in [2.05, 4.69) is 25.6 Å². The van der Waals surface area contributed by atoms with Crippen molar-refractivity contribution in [2.24, 2.45) is 0 Å². The van der Waals surface area contributed by atoms with Gasteiger partial charge in [-0.3, -0.25) is 10.1 Å². The Labute approximate surface area is 160 Å². The summed E-state index contributed by atoms with van der Waals surface area (Å²) in [5.74, 6) is -0.394. The van der Waals surface area contributed by atoms with Gasteiger partial charge in [-0.2, -0.15) is 9.90 Å². The topological polar surface area (TPSA) is 98.1 Å². The number of halogens is 1. The quantitative estimate of drug-likeness (QED) is 0.714. The Morgan fingerprint density at radius 1 is 1.04 bits per heavy atom. The maximum Gasteiger partial charge on any atom is 0.411 e. The number of carbonyl (C=O) groups is 2. The molecule has 0 spiro atoms. The van der Waals surface area contributed by atoms with Crippen molar-refractivity contribution < 1.29 is 14.3 Å². The predicted octanol–water partition coefficient (Wildman–Crippen LogP) is 3.66. The van der Waals surface area contributed by atoms with Gasteiger partial charge in [-0.05, 0) is 49.4 Å². The van der Waals surface area contributed by atoms with Crippen LogP contribution < -0.4 is 10.6 Å². The molecule has 2 amide bonds. The highest BCUT2D eigenvalue weighted by atomic mass is 35.5. The number of aromatic nitrogens is 3. The lowest BCUT2D eigenvalue weighted by Crippen LogP contribution is -2.14. The summed E-state index contributed by atoms with van der Waals surface area (Å²) in [6.07, 6.45) is -0.569. The minimum Gasteiger partial charge on any atom is -0.453 e. The first-order valence-corrected chi connectivity index (χ1v) is 8.30. The molecule has 0 aliphatic carbocycles. The summed E-state index contributed by atoms with van der Waals surface area (Å²) >= 11 is 5.98. The number of rotatable bonds is 4. The molecule has 0 unspecified atom stereocenters. The largest absolute Gasteiger partial charge is 0.453 e. The molecule has 9 heteroatoms. The number of hydrogen-bond donors (Lipinski definition) is 2. The Hall–Kier alpha value is -3.39. The van der Waals surface area contributed by atoms with Gasteiger partial charge in [-0.25, -0.2) is 4.79 Å². The van der Waals surface area contributed by atoms with Gasteiger partial charge in [-0.1, -0.05) is 17.7 Å². The number of amides is 2. The zero-order valence-electron chi connectivity index (χ0n) is 14.6. The zero-order valence-corrected chi connectivity index (χ0v) is 15.3. The van der Waals surface area contributed by atoms with Crippen LogP contribution in [-0.4, -0.2) is 34.1 Å². The van der Waals surface area contributed by atoms with Crippen LogP contribution in [0.1, 0.15) is 16.2 Å². The molecule has 0 atom stereocenters. The molecule has 0 bridgehead atoms. The van der Waals surface area contributed by atoms with Crippen LogP contribution in [0.25, 0.3) is 5.69 Å². The van der Waals surface area contributed by atoms with Gasteiger partial charge in [0.15, 0.2) is 5.69 Å². The summed E-state index contributed by atoms with van der Waals surface area (Å²) in [4.78, 5) is 25.1. The highest BCUT2D eigenvalue weighted by molar-refractivity contribution is 6.30. The molecule has 3 aromatic rings. The van der Waals surface area contributed by atoms with Crippen molar-refractivity contribution in [1.29, 1.82) is 0 Å². The lowest BCUT2D eigenvalue weighted by Gasteiger charge is -2.06. The van der Waals surface area contributed by atoms with E-state index in [9.17, 15) is 9.59 Å². The molecule has 0 aliphatic heterocycles. The van der Waals surface area contributed by atoms with Crippen LogP contribution in [0.2, 0.25) is 5.02 Å². The Balaban J connectivity index is 1.74. The van der Waals surface area contributed by atoms with E-state index in [-0.39, 0.29) is 5.69 Å². The summed E-state index contributed by atoms with van der Waals surface area (Å²) in [6, 6.07) is 13.6. The first-order chi connectivity index (χ1) is 13.0. The summed E-state index contributed by atoms with van der Waals surface area (Å²) < 4.78 is 4.52. The average molecular weight is 386 g/mol. The van der Waals surface area contributed by atoms with Gasteiger partial charge in [0.05, 0.1) is 18.5 Å². The highest BCUT2D eigenvalue weighted by Crippen LogP contribution is 2.17. The van der Waals surface area contributed by atoms with Crippen molar-refractivity contribution in [3.8, 4) is 5.69 Å². The number of nitrogens with zero attached hydrogens (tertiary/aromatic N) is 3. The summed E-state index contributed by atoms with van der Waals surface area (Å²) in [6.45, 7) is 1.70. The molecular weight excluding hydrogens is 370 g/mol. The van der Waals surface area contributed by atoms with Crippen molar-refractivity contribution >= 4 is 35.0 Å². The minimum absolute atomic E-state index is 0.201. The maximum atomic E-state index is 12.5. The average Bonchev–Trinajstić information content (AvgIpc) is 3.05.